The van der Waals surface area contributed by atoms with Crippen molar-refractivity contribution < 1.29 is 42.9 Å². The molecule has 0 aliphatic heterocycles. The smallest absolute Gasteiger partial charge is 0.311 e. The minimum absolute atomic E-state index is 0.0406. The van der Waals surface area contributed by atoms with Gasteiger partial charge >= 0.3 is 23.9 Å². The Balaban J connectivity index is 2.48. The highest BCUT2D eigenvalue weighted by atomic mass is 16.6. The number of benzene rings is 1. The van der Waals surface area contributed by atoms with Crippen LogP contribution in [-0.2, 0) is 38.2 Å². The van der Waals surface area contributed by atoms with Crippen LogP contribution in [0.5, 0.6) is 5.75 Å². The third-order valence-corrected chi connectivity index (χ3v) is 3.68. The molecule has 1 aromatic rings. The Labute approximate surface area is 180 Å². The number of anilines is 1. The van der Waals surface area contributed by atoms with Gasteiger partial charge in [-0.2, -0.15) is 0 Å². The van der Waals surface area contributed by atoms with E-state index in [2.05, 4.69) is 5.32 Å². The molecule has 1 aromatic carbocycles. The quantitative estimate of drug-likeness (QED) is 0.313. The van der Waals surface area contributed by atoms with E-state index in [4.69, 9.17) is 18.9 Å². The summed E-state index contributed by atoms with van der Waals surface area (Å²) in [6.45, 7) is 4.96. The third kappa shape index (κ3) is 12.0. The molecular weight excluding hydrogens is 410 g/mol. The highest BCUT2D eigenvalue weighted by Crippen LogP contribution is 2.18. The van der Waals surface area contributed by atoms with Crippen LogP contribution in [-0.4, -0.2) is 49.1 Å². The van der Waals surface area contributed by atoms with Crippen molar-refractivity contribution in [1.82, 2.24) is 0 Å². The van der Waals surface area contributed by atoms with Crippen molar-refractivity contribution >= 4 is 35.5 Å². The molecule has 0 radical (unpaired) electrons. The van der Waals surface area contributed by atoms with E-state index in [1.165, 1.54) is 32.9 Å². The fraction of sp³-hybridized carbons (Fsp3) is 0.476. The molecule has 1 atom stereocenters. The zero-order chi connectivity index (χ0) is 23.4. The maximum atomic E-state index is 12.1. The van der Waals surface area contributed by atoms with Gasteiger partial charge in [0.05, 0.1) is 0 Å². The molecule has 0 spiro atoms. The van der Waals surface area contributed by atoms with Crippen molar-refractivity contribution in [3.63, 3.8) is 0 Å². The largest absolute Gasteiger partial charge is 0.462 e. The summed E-state index contributed by atoms with van der Waals surface area (Å²) in [6.07, 6.45) is -1.07. The van der Waals surface area contributed by atoms with Crippen molar-refractivity contribution in [3.8, 4) is 5.75 Å². The van der Waals surface area contributed by atoms with Gasteiger partial charge < -0.3 is 24.3 Å². The average Bonchev–Trinajstić information content (AvgIpc) is 2.64. The second-order valence-electron chi connectivity index (χ2n) is 6.91. The van der Waals surface area contributed by atoms with Crippen LogP contribution in [0.25, 0.3) is 0 Å². The van der Waals surface area contributed by atoms with Crippen LogP contribution < -0.4 is 10.1 Å². The first kappa shape index (κ1) is 25.6. The van der Waals surface area contributed by atoms with Crippen molar-refractivity contribution in [2.45, 2.75) is 46.6 Å². The minimum Gasteiger partial charge on any atom is -0.462 e. The Morgan fingerprint density at radius 1 is 0.839 bits per heavy atom. The molecule has 10 nitrogen and oxygen atoms in total. The third-order valence-electron chi connectivity index (χ3n) is 3.68. The van der Waals surface area contributed by atoms with Crippen LogP contribution >= 0.6 is 0 Å². The fourth-order valence-corrected chi connectivity index (χ4v) is 2.39. The lowest BCUT2D eigenvalue weighted by Gasteiger charge is -2.18. The van der Waals surface area contributed by atoms with E-state index < -0.39 is 30.0 Å². The first-order valence-electron chi connectivity index (χ1n) is 9.59. The molecule has 0 aromatic heterocycles. The monoisotopic (exact) mass is 437 g/mol. The van der Waals surface area contributed by atoms with Crippen molar-refractivity contribution in [3.05, 3.63) is 24.3 Å². The SMILES string of the molecule is CC(=O)Nc1ccc(OC(=O)CC(C)CC(=O)OC(COC(C)=O)COC(C)=O)cc1. The van der Waals surface area contributed by atoms with Gasteiger partial charge in [0.25, 0.3) is 0 Å². The van der Waals surface area contributed by atoms with E-state index >= 15 is 0 Å². The molecule has 0 saturated heterocycles. The van der Waals surface area contributed by atoms with Gasteiger partial charge in [-0.1, -0.05) is 6.92 Å². The van der Waals surface area contributed by atoms with E-state index in [1.54, 1.807) is 19.1 Å². The van der Waals surface area contributed by atoms with Crippen molar-refractivity contribution in [2.24, 2.45) is 5.92 Å². The minimum atomic E-state index is -0.943. The Morgan fingerprint density at radius 3 is 1.84 bits per heavy atom. The molecule has 1 N–H and O–H groups in total. The predicted molar refractivity (Wildman–Crippen MR) is 108 cm³/mol. The van der Waals surface area contributed by atoms with E-state index in [0.29, 0.717) is 11.4 Å². The highest BCUT2D eigenvalue weighted by Gasteiger charge is 2.21. The summed E-state index contributed by atoms with van der Waals surface area (Å²) in [4.78, 5) is 57.1. The molecule has 0 heterocycles. The lowest BCUT2D eigenvalue weighted by Crippen LogP contribution is -2.31. The standard InChI is InChI=1S/C21H27NO9/c1-13(9-20(26)30-18-7-5-17(6-8-18)22-14(2)23)10-21(27)31-19(11-28-15(3)24)12-29-16(4)25/h5-8,13,19H,9-12H2,1-4H3,(H,22,23). The molecule has 1 unspecified atom stereocenters. The lowest BCUT2D eigenvalue weighted by atomic mass is 10.0. The Morgan fingerprint density at radius 2 is 1.35 bits per heavy atom. The second-order valence-corrected chi connectivity index (χ2v) is 6.91. The van der Waals surface area contributed by atoms with Crippen LogP contribution in [0, 0.1) is 5.92 Å². The number of ether oxygens (including phenoxy) is 4. The molecule has 1 rings (SSSR count). The number of hydrogen-bond donors (Lipinski definition) is 1. The van der Waals surface area contributed by atoms with Gasteiger partial charge in [-0.25, -0.2) is 0 Å². The highest BCUT2D eigenvalue weighted by molar-refractivity contribution is 5.88. The number of amides is 1. The summed E-state index contributed by atoms with van der Waals surface area (Å²) in [6, 6.07) is 6.27. The van der Waals surface area contributed by atoms with E-state index in [9.17, 15) is 24.0 Å². The van der Waals surface area contributed by atoms with Crippen LogP contribution in [0.3, 0.4) is 0 Å². The van der Waals surface area contributed by atoms with E-state index in [-0.39, 0.29) is 37.9 Å². The molecule has 10 heteroatoms. The first-order valence-corrected chi connectivity index (χ1v) is 9.59. The maximum Gasteiger partial charge on any atom is 0.311 e. The van der Waals surface area contributed by atoms with Gasteiger partial charge in [0.2, 0.25) is 5.91 Å². The normalized spacial score (nSPS) is 11.3. The van der Waals surface area contributed by atoms with Gasteiger partial charge in [0.15, 0.2) is 6.10 Å². The summed E-state index contributed by atoms with van der Waals surface area (Å²) in [5, 5.41) is 2.60. The van der Waals surface area contributed by atoms with Gasteiger partial charge in [0.1, 0.15) is 19.0 Å². The summed E-state index contributed by atoms with van der Waals surface area (Å²) >= 11 is 0. The van der Waals surface area contributed by atoms with Gasteiger partial charge in [-0.3, -0.25) is 24.0 Å². The topological polar surface area (TPSA) is 134 Å². The number of nitrogens with one attached hydrogen (secondary N) is 1. The van der Waals surface area contributed by atoms with Crippen LogP contribution in [0.1, 0.15) is 40.5 Å². The molecule has 0 bridgehead atoms. The number of hydrogen-bond acceptors (Lipinski definition) is 9. The van der Waals surface area contributed by atoms with E-state index in [0.717, 1.165) is 0 Å². The number of rotatable bonds is 11. The summed E-state index contributed by atoms with van der Waals surface area (Å²) in [7, 11) is 0. The summed E-state index contributed by atoms with van der Waals surface area (Å²) < 4.78 is 20.0. The molecule has 0 saturated carbocycles. The Kier molecular flexibility index (Phi) is 10.7. The second kappa shape index (κ2) is 13.0. The molecule has 0 fully saturated rings. The predicted octanol–water partition coefficient (Wildman–Crippen LogP) is 2.00. The fourth-order valence-electron chi connectivity index (χ4n) is 2.39. The van der Waals surface area contributed by atoms with Crippen molar-refractivity contribution in [1.29, 1.82) is 0 Å². The number of esters is 4. The molecule has 31 heavy (non-hydrogen) atoms. The van der Waals surface area contributed by atoms with Crippen molar-refractivity contribution in [2.75, 3.05) is 18.5 Å². The molecule has 170 valence electrons. The molecule has 0 aliphatic rings. The van der Waals surface area contributed by atoms with Crippen LogP contribution in [0.2, 0.25) is 0 Å². The number of carbonyl (C=O) groups is 5. The zero-order valence-corrected chi connectivity index (χ0v) is 18.0. The number of carbonyl (C=O) groups excluding carboxylic acids is 5. The Hall–Kier alpha value is -3.43. The first-order chi connectivity index (χ1) is 14.5. The molecular formula is C21H27NO9. The van der Waals surface area contributed by atoms with Crippen LogP contribution in [0.4, 0.5) is 5.69 Å². The zero-order valence-electron chi connectivity index (χ0n) is 18.0. The summed E-state index contributed by atoms with van der Waals surface area (Å²) in [5.41, 5.74) is 0.570. The van der Waals surface area contributed by atoms with Crippen LogP contribution in [0.15, 0.2) is 24.3 Å². The van der Waals surface area contributed by atoms with Gasteiger partial charge in [-0.05, 0) is 30.2 Å². The van der Waals surface area contributed by atoms with E-state index in [1.807, 2.05) is 0 Å². The summed E-state index contributed by atoms with van der Waals surface area (Å²) in [5.74, 6) is -2.60. The lowest BCUT2D eigenvalue weighted by molar-refractivity contribution is -0.166. The average molecular weight is 437 g/mol. The van der Waals surface area contributed by atoms with Gasteiger partial charge in [0, 0.05) is 39.3 Å². The maximum absolute atomic E-state index is 12.1. The molecule has 0 aliphatic carbocycles. The molecule has 1 amide bonds. The van der Waals surface area contributed by atoms with Gasteiger partial charge in [-0.15, -0.1) is 0 Å². The Bertz CT molecular complexity index is 771.